The van der Waals surface area contributed by atoms with Crippen LogP contribution in [-0.2, 0) is 4.79 Å². The Morgan fingerprint density at radius 3 is 2.78 bits per heavy atom. The van der Waals surface area contributed by atoms with E-state index in [1.165, 1.54) is 17.0 Å². The van der Waals surface area contributed by atoms with Gasteiger partial charge >= 0.3 is 5.97 Å². The smallest absolute Gasteiger partial charge is 0.308 e. The van der Waals surface area contributed by atoms with Crippen molar-refractivity contribution in [2.75, 3.05) is 13.1 Å². The summed E-state index contributed by atoms with van der Waals surface area (Å²) in [7, 11) is 0. The Hall–Kier alpha value is -1.62. The molecule has 0 saturated carbocycles. The third kappa shape index (κ3) is 2.46. The van der Waals surface area contributed by atoms with Crippen molar-refractivity contribution in [2.24, 2.45) is 5.92 Å². The molecule has 1 aliphatic rings. The summed E-state index contributed by atoms with van der Waals surface area (Å²) >= 11 is 5.72. The van der Waals surface area contributed by atoms with Gasteiger partial charge in [0.15, 0.2) is 0 Å². The SMILES string of the molecule is O=C(O)[C@@H]1CCN(C(=O)c2cc(Cl)ccc2F)C1. The molecular formula is C12H11ClFNO3. The van der Waals surface area contributed by atoms with Crippen LogP contribution in [0.5, 0.6) is 0 Å². The van der Waals surface area contributed by atoms with Crippen molar-refractivity contribution in [3.8, 4) is 0 Å². The van der Waals surface area contributed by atoms with Crippen LogP contribution in [0.1, 0.15) is 16.8 Å². The highest BCUT2D eigenvalue weighted by atomic mass is 35.5. The number of benzene rings is 1. The van der Waals surface area contributed by atoms with Crippen LogP contribution in [0.4, 0.5) is 4.39 Å². The van der Waals surface area contributed by atoms with E-state index in [-0.39, 0.29) is 17.1 Å². The first-order chi connectivity index (χ1) is 8.49. The lowest BCUT2D eigenvalue weighted by Crippen LogP contribution is -2.30. The number of carbonyl (C=O) groups is 2. The standard InChI is InChI=1S/C12H11ClFNO3/c13-8-1-2-10(14)9(5-8)11(16)15-4-3-7(6-15)12(17)18/h1-2,5,7H,3-4,6H2,(H,17,18)/t7-/m1/s1. The summed E-state index contributed by atoms with van der Waals surface area (Å²) in [5.74, 6) is -2.67. The lowest BCUT2D eigenvalue weighted by atomic mass is 10.1. The van der Waals surface area contributed by atoms with E-state index in [4.69, 9.17) is 16.7 Å². The number of rotatable bonds is 2. The molecule has 4 nitrogen and oxygen atoms in total. The number of carboxylic acids is 1. The highest BCUT2D eigenvalue weighted by Gasteiger charge is 2.32. The first kappa shape index (κ1) is 12.8. The Labute approximate surface area is 108 Å². The third-order valence-electron chi connectivity index (χ3n) is 2.98. The molecular weight excluding hydrogens is 261 g/mol. The highest BCUT2D eigenvalue weighted by molar-refractivity contribution is 6.31. The Kier molecular flexibility index (Phi) is 3.52. The zero-order valence-electron chi connectivity index (χ0n) is 9.40. The number of carboxylic acid groups (broad SMARTS) is 1. The highest BCUT2D eigenvalue weighted by Crippen LogP contribution is 2.22. The van der Waals surface area contributed by atoms with Crippen LogP contribution in [0.3, 0.4) is 0 Å². The van der Waals surface area contributed by atoms with E-state index in [0.717, 1.165) is 6.07 Å². The summed E-state index contributed by atoms with van der Waals surface area (Å²) in [6, 6.07) is 3.74. The second kappa shape index (κ2) is 4.94. The summed E-state index contributed by atoms with van der Waals surface area (Å²) in [5.41, 5.74) is -0.117. The minimum Gasteiger partial charge on any atom is -0.481 e. The lowest BCUT2D eigenvalue weighted by molar-refractivity contribution is -0.141. The van der Waals surface area contributed by atoms with Crippen molar-refractivity contribution in [1.29, 1.82) is 0 Å². The topological polar surface area (TPSA) is 57.6 Å². The van der Waals surface area contributed by atoms with Gasteiger partial charge in [-0.25, -0.2) is 4.39 Å². The minimum atomic E-state index is -0.933. The quantitative estimate of drug-likeness (QED) is 0.895. The summed E-state index contributed by atoms with van der Waals surface area (Å²) < 4.78 is 13.5. The second-order valence-corrected chi connectivity index (χ2v) is 4.64. The van der Waals surface area contributed by atoms with Crippen LogP contribution in [0, 0.1) is 11.7 Å². The number of halogens is 2. The fraction of sp³-hybridized carbons (Fsp3) is 0.333. The van der Waals surface area contributed by atoms with Crippen molar-refractivity contribution in [3.05, 3.63) is 34.6 Å². The zero-order valence-corrected chi connectivity index (χ0v) is 10.2. The molecule has 1 N–H and O–H groups in total. The molecule has 1 saturated heterocycles. The van der Waals surface area contributed by atoms with E-state index in [1.54, 1.807) is 0 Å². The van der Waals surface area contributed by atoms with Gasteiger partial charge in [-0.2, -0.15) is 0 Å². The predicted octanol–water partition coefficient (Wildman–Crippen LogP) is 2.03. The van der Waals surface area contributed by atoms with E-state index in [0.29, 0.717) is 13.0 Å². The van der Waals surface area contributed by atoms with Gasteiger partial charge < -0.3 is 10.0 Å². The van der Waals surface area contributed by atoms with Gasteiger partial charge in [-0.15, -0.1) is 0 Å². The van der Waals surface area contributed by atoms with E-state index >= 15 is 0 Å². The monoisotopic (exact) mass is 271 g/mol. The molecule has 1 heterocycles. The van der Waals surface area contributed by atoms with Crippen LogP contribution in [0.25, 0.3) is 0 Å². The Balaban J connectivity index is 2.17. The molecule has 0 unspecified atom stereocenters. The number of hydrogen-bond donors (Lipinski definition) is 1. The van der Waals surface area contributed by atoms with Gasteiger partial charge in [0, 0.05) is 18.1 Å². The maximum atomic E-state index is 13.5. The van der Waals surface area contributed by atoms with Crippen LogP contribution >= 0.6 is 11.6 Å². The fourth-order valence-corrected chi connectivity index (χ4v) is 2.15. The molecule has 1 fully saturated rings. The van der Waals surface area contributed by atoms with Crippen LogP contribution in [0.2, 0.25) is 5.02 Å². The normalized spacial score (nSPS) is 19.0. The maximum Gasteiger partial charge on any atom is 0.308 e. The Morgan fingerprint density at radius 1 is 1.44 bits per heavy atom. The van der Waals surface area contributed by atoms with E-state index in [2.05, 4.69) is 0 Å². The van der Waals surface area contributed by atoms with Gasteiger partial charge in [0.25, 0.3) is 5.91 Å². The number of aliphatic carboxylic acids is 1. The first-order valence-corrected chi connectivity index (χ1v) is 5.84. The fourth-order valence-electron chi connectivity index (χ4n) is 1.98. The van der Waals surface area contributed by atoms with E-state index < -0.39 is 23.6 Å². The van der Waals surface area contributed by atoms with Crippen LogP contribution in [0.15, 0.2) is 18.2 Å². The molecule has 0 aliphatic carbocycles. The molecule has 1 amide bonds. The molecule has 0 spiro atoms. The first-order valence-electron chi connectivity index (χ1n) is 5.46. The molecule has 2 rings (SSSR count). The van der Waals surface area contributed by atoms with E-state index in [1.807, 2.05) is 0 Å². The van der Waals surface area contributed by atoms with Gasteiger partial charge in [-0.05, 0) is 24.6 Å². The lowest BCUT2D eigenvalue weighted by Gasteiger charge is -2.16. The average Bonchev–Trinajstić information content (AvgIpc) is 2.81. The molecule has 1 aliphatic heterocycles. The summed E-state index contributed by atoms with van der Waals surface area (Å²) in [4.78, 5) is 24.2. The maximum absolute atomic E-state index is 13.5. The van der Waals surface area contributed by atoms with Crippen molar-refractivity contribution < 1.29 is 19.1 Å². The van der Waals surface area contributed by atoms with Gasteiger partial charge in [-0.3, -0.25) is 9.59 Å². The van der Waals surface area contributed by atoms with E-state index in [9.17, 15) is 14.0 Å². The third-order valence-corrected chi connectivity index (χ3v) is 3.22. The minimum absolute atomic E-state index is 0.111. The Bertz CT molecular complexity index is 506. The number of carbonyl (C=O) groups excluding carboxylic acids is 1. The molecule has 0 bridgehead atoms. The van der Waals surface area contributed by atoms with Crippen molar-refractivity contribution >= 4 is 23.5 Å². The molecule has 6 heteroatoms. The molecule has 0 aromatic heterocycles. The van der Waals surface area contributed by atoms with Crippen LogP contribution < -0.4 is 0 Å². The van der Waals surface area contributed by atoms with Gasteiger partial charge in [0.1, 0.15) is 5.82 Å². The Morgan fingerprint density at radius 2 is 2.17 bits per heavy atom. The second-order valence-electron chi connectivity index (χ2n) is 4.20. The molecule has 1 aromatic carbocycles. The molecule has 1 atom stereocenters. The van der Waals surface area contributed by atoms with Crippen molar-refractivity contribution in [1.82, 2.24) is 4.90 Å². The number of likely N-dealkylation sites (tertiary alicyclic amines) is 1. The average molecular weight is 272 g/mol. The summed E-state index contributed by atoms with van der Waals surface area (Å²) in [6.45, 7) is 0.432. The number of hydrogen-bond acceptors (Lipinski definition) is 2. The molecule has 96 valence electrons. The van der Waals surface area contributed by atoms with Crippen LogP contribution in [-0.4, -0.2) is 35.0 Å². The summed E-state index contributed by atoms with van der Waals surface area (Å²) in [5, 5.41) is 9.12. The zero-order chi connectivity index (χ0) is 13.3. The van der Waals surface area contributed by atoms with Crippen molar-refractivity contribution in [3.63, 3.8) is 0 Å². The molecule has 18 heavy (non-hydrogen) atoms. The summed E-state index contributed by atoms with van der Waals surface area (Å²) in [6.07, 6.45) is 0.392. The van der Waals surface area contributed by atoms with Gasteiger partial charge in [0.2, 0.25) is 0 Å². The van der Waals surface area contributed by atoms with Crippen molar-refractivity contribution in [2.45, 2.75) is 6.42 Å². The number of nitrogens with zero attached hydrogens (tertiary/aromatic N) is 1. The molecule has 0 radical (unpaired) electrons. The number of amides is 1. The van der Waals surface area contributed by atoms with Gasteiger partial charge in [-0.1, -0.05) is 11.6 Å². The predicted molar refractivity (Wildman–Crippen MR) is 63.1 cm³/mol. The molecule has 1 aromatic rings. The van der Waals surface area contributed by atoms with Gasteiger partial charge in [0.05, 0.1) is 11.5 Å². The largest absolute Gasteiger partial charge is 0.481 e.